The van der Waals surface area contributed by atoms with Gasteiger partial charge in [-0.05, 0) is 119 Å². The van der Waals surface area contributed by atoms with Crippen LogP contribution in [0.25, 0.3) is 138 Å². The second-order valence-electron chi connectivity index (χ2n) is 19.7. The van der Waals surface area contributed by atoms with E-state index in [0.29, 0.717) is 0 Å². The first-order valence-electron chi connectivity index (χ1n) is 25.8. The maximum atomic E-state index is 2.53. The van der Waals surface area contributed by atoms with E-state index in [9.17, 15) is 0 Å². The van der Waals surface area contributed by atoms with Gasteiger partial charge in [0.2, 0.25) is 0 Å². The van der Waals surface area contributed by atoms with Crippen molar-refractivity contribution in [1.29, 1.82) is 0 Å². The lowest BCUT2D eigenvalue weighted by atomic mass is 9.95. The monoisotopic (exact) mass is 955 g/mol. The lowest BCUT2D eigenvalue weighted by Gasteiger charge is -2.17. The van der Waals surface area contributed by atoms with Crippen LogP contribution in [0.4, 0.5) is 0 Å². The Morgan fingerprint density at radius 2 is 0.653 bits per heavy atom. The number of fused-ring (bicyclic) bond motifs is 13. The fourth-order valence-corrected chi connectivity index (χ4v) is 12.6. The maximum absolute atomic E-state index is 2.53. The minimum atomic E-state index is 1.09. The molecule has 0 aliphatic heterocycles. The molecule has 0 bridgehead atoms. The molecule has 75 heavy (non-hydrogen) atoms. The summed E-state index contributed by atoms with van der Waals surface area (Å²) in [6, 6.07) is 99.9. The van der Waals surface area contributed by atoms with E-state index in [1.807, 2.05) is 0 Å². The van der Waals surface area contributed by atoms with Gasteiger partial charge in [0.1, 0.15) is 11.3 Å². The second kappa shape index (κ2) is 16.2. The minimum absolute atomic E-state index is 1.09. The number of aromatic nitrogens is 5. The summed E-state index contributed by atoms with van der Waals surface area (Å²) in [5.74, 6) is 0. The highest BCUT2D eigenvalue weighted by Crippen LogP contribution is 2.48. The Balaban J connectivity index is 1.00. The van der Waals surface area contributed by atoms with Crippen LogP contribution in [-0.4, -0.2) is 22.8 Å². The molecule has 0 amide bonds. The van der Waals surface area contributed by atoms with Crippen LogP contribution >= 0.6 is 0 Å². The topological polar surface area (TPSA) is 24.6 Å². The summed E-state index contributed by atoms with van der Waals surface area (Å²) < 4.78 is 12.4. The molecule has 5 heteroatoms. The van der Waals surface area contributed by atoms with Gasteiger partial charge < -0.3 is 4.57 Å². The largest absolute Gasteiger partial charge is 0.309 e. The number of benzene rings is 11. The van der Waals surface area contributed by atoms with Crippen molar-refractivity contribution in [1.82, 2.24) is 22.8 Å². The SMILES string of the molecule is c1ccc(-n2c3ccccc3c3cc(-c4cccc(-c5cccc6c5c5c7cccc(-n8c9ccccc9c9c%10ccccc%10n(-c%10ccccc%10)c98)c7n(-c7ccccc7)c5n6-c5ccccc5)c4)ccc32)cc1. The van der Waals surface area contributed by atoms with E-state index in [2.05, 4.69) is 296 Å². The van der Waals surface area contributed by atoms with E-state index in [-0.39, 0.29) is 0 Å². The van der Waals surface area contributed by atoms with E-state index in [4.69, 9.17) is 0 Å². The second-order valence-corrected chi connectivity index (χ2v) is 19.7. The molecule has 0 atom stereocenters. The Morgan fingerprint density at radius 3 is 1.31 bits per heavy atom. The zero-order chi connectivity index (χ0) is 49.1. The molecule has 0 N–H and O–H groups in total. The molecule has 0 saturated heterocycles. The third-order valence-electron chi connectivity index (χ3n) is 15.6. The van der Waals surface area contributed by atoms with E-state index in [1.54, 1.807) is 0 Å². The van der Waals surface area contributed by atoms with Crippen LogP contribution < -0.4 is 0 Å². The van der Waals surface area contributed by atoms with Crippen LogP contribution in [0.1, 0.15) is 0 Å². The fourth-order valence-electron chi connectivity index (χ4n) is 12.6. The third kappa shape index (κ3) is 6.01. The van der Waals surface area contributed by atoms with Crippen LogP contribution in [0.2, 0.25) is 0 Å². The van der Waals surface area contributed by atoms with Crippen molar-refractivity contribution in [2.24, 2.45) is 0 Å². The van der Waals surface area contributed by atoms with Crippen LogP contribution in [-0.2, 0) is 0 Å². The fraction of sp³-hybridized carbons (Fsp3) is 0. The zero-order valence-corrected chi connectivity index (χ0v) is 40.7. The van der Waals surface area contributed by atoms with Crippen molar-refractivity contribution in [3.63, 3.8) is 0 Å². The van der Waals surface area contributed by atoms with Crippen molar-refractivity contribution < 1.29 is 0 Å². The van der Waals surface area contributed by atoms with E-state index < -0.39 is 0 Å². The summed E-state index contributed by atoms with van der Waals surface area (Å²) >= 11 is 0. The van der Waals surface area contributed by atoms with Gasteiger partial charge in [-0.15, -0.1) is 0 Å². The van der Waals surface area contributed by atoms with Gasteiger partial charge in [-0.25, -0.2) is 0 Å². The number of hydrogen-bond acceptors (Lipinski definition) is 0. The van der Waals surface area contributed by atoms with Crippen LogP contribution in [0.15, 0.2) is 273 Å². The highest BCUT2D eigenvalue weighted by atomic mass is 15.2. The van der Waals surface area contributed by atoms with Gasteiger partial charge in [0.25, 0.3) is 0 Å². The Kier molecular flexibility index (Phi) is 8.97. The first-order valence-corrected chi connectivity index (χ1v) is 25.8. The molecule has 0 spiro atoms. The quantitative estimate of drug-likeness (QED) is 0.152. The first-order chi connectivity index (χ1) is 37.3. The Bertz CT molecular complexity index is 4910. The lowest BCUT2D eigenvalue weighted by molar-refractivity contribution is 1.04. The molecule has 350 valence electrons. The van der Waals surface area contributed by atoms with Crippen molar-refractivity contribution >= 4 is 87.5 Å². The summed E-state index contributed by atoms with van der Waals surface area (Å²) in [6.07, 6.45) is 0. The van der Waals surface area contributed by atoms with Crippen LogP contribution in [0, 0.1) is 0 Å². The van der Waals surface area contributed by atoms with Crippen molar-refractivity contribution in [3.8, 4) is 50.7 Å². The zero-order valence-electron chi connectivity index (χ0n) is 40.7. The predicted octanol–water partition coefficient (Wildman–Crippen LogP) is 18.2. The highest BCUT2D eigenvalue weighted by Gasteiger charge is 2.29. The molecule has 5 nitrogen and oxygen atoms in total. The third-order valence-corrected chi connectivity index (χ3v) is 15.6. The molecule has 0 saturated carbocycles. The van der Waals surface area contributed by atoms with Crippen LogP contribution in [0.3, 0.4) is 0 Å². The molecule has 0 aliphatic carbocycles. The molecular weight excluding hydrogens is 911 g/mol. The number of para-hydroxylation sites is 8. The molecule has 0 radical (unpaired) electrons. The Morgan fingerprint density at radius 1 is 0.213 bits per heavy atom. The number of hydrogen-bond donors (Lipinski definition) is 0. The lowest BCUT2D eigenvalue weighted by Crippen LogP contribution is -2.06. The molecule has 5 heterocycles. The molecule has 16 rings (SSSR count). The van der Waals surface area contributed by atoms with Gasteiger partial charge in [0.15, 0.2) is 0 Å². The Hall–Kier alpha value is -10.1. The summed E-state index contributed by atoms with van der Waals surface area (Å²) in [4.78, 5) is 0. The van der Waals surface area contributed by atoms with Crippen molar-refractivity contribution in [2.75, 3.05) is 0 Å². The minimum Gasteiger partial charge on any atom is -0.309 e. The van der Waals surface area contributed by atoms with E-state index in [0.717, 1.165) is 56.3 Å². The highest BCUT2D eigenvalue weighted by molar-refractivity contribution is 6.28. The maximum Gasteiger partial charge on any atom is 0.131 e. The summed E-state index contributed by atoms with van der Waals surface area (Å²) in [5.41, 5.74) is 19.6. The van der Waals surface area contributed by atoms with Crippen LogP contribution in [0.5, 0.6) is 0 Å². The molecule has 11 aromatic carbocycles. The average molecular weight is 956 g/mol. The normalized spacial score (nSPS) is 12.0. The standard InChI is InChI=1S/C70H45N5/c1-5-24-49(25-6-1)71-59-37-16-13-32-54(59)58-45-47(42-43-62(58)71)46-22-19-23-48(44-46)53-35-20-40-63-66(53)67-57-36-21-41-64(68(57)74(52-30-11-4-12-31-52)70(67)73(63)51-28-9-3-10-29-51)75-61-39-18-15-34-56(61)65-55-33-14-17-38-60(55)72(69(65)75)50-26-7-2-8-27-50/h1-45H. The molecule has 5 aromatic heterocycles. The summed E-state index contributed by atoms with van der Waals surface area (Å²) in [6.45, 7) is 0. The molecule has 0 aliphatic rings. The summed E-state index contributed by atoms with van der Waals surface area (Å²) in [7, 11) is 0. The van der Waals surface area contributed by atoms with Gasteiger partial charge >= 0.3 is 0 Å². The molecule has 16 aromatic rings. The summed E-state index contributed by atoms with van der Waals surface area (Å²) in [5, 5.41) is 9.79. The average Bonchev–Trinajstić information content (AvgIpc) is 4.39. The van der Waals surface area contributed by atoms with Gasteiger partial charge in [0.05, 0.1) is 38.8 Å². The van der Waals surface area contributed by atoms with E-state index >= 15 is 0 Å². The van der Waals surface area contributed by atoms with Gasteiger partial charge in [-0.1, -0.05) is 176 Å². The van der Waals surface area contributed by atoms with Gasteiger partial charge in [-0.2, -0.15) is 0 Å². The van der Waals surface area contributed by atoms with Gasteiger partial charge in [-0.3, -0.25) is 18.3 Å². The Labute approximate surface area is 431 Å². The smallest absolute Gasteiger partial charge is 0.131 e. The van der Waals surface area contributed by atoms with E-state index in [1.165, 1.54) is 81.9 Å². The van der Waals surface area contributed by atoms with Crippen molar-refractivity contribution in [3.05, 3.63) is 273 Å². The number of rotatable bonds is 7. The predicted molar refractivity (Wildman–Crippen MR) is 314 cm³/mol. The molecule has 0 unspecified atom stereocenters. The van der Waals surface area contributed by atoms with Crippen molar-refractivity contribution in [2.45, 2.75) is 0 Å². The molecular formula is C70H45N5. The molecule has 0 fully saturated rings. The number of nitrogens with zero attached hydrogens (tertiary/aromatic N) is 5. The van der Waals surface area contributed by atoms with Gasteiger partial charge in [0, 0.05) is 65.8 Å². The first kappa shape index (κ1) is 41.5.